The Labute approximate surface area is 97.4 Å². The highest BCUT2D eigenvalue weighted by atomic mass is 16.6. The van der Waals surface area contributed by atoms with E-state index in [9.17, 15) is 10.2 Å². The van der Waals surface area contributed by atoms with Gasteiger partial charge in [-0.3, -0.25) is 0 Å². The second-order valence-corrected chi connectivity index (χ2v) is 4.35. The normalized spacial score (nSPS) is 40.2. The Morgan fingerprint density at radius 3 is 2.44 bits per heavy atom. The molecule has 2 radical (unpaired) electrons. The molecular weight excluding hydrogens is 209 g/mol. The van der Waals surface area contributed by atoms with Crippen LogP contribution in [0, 0.1) is 5.92 Å². The molecule has 6 heteroatoms. The maximum atomic E-state index is 10.1. The smallest absolute Gasteiger partial charge is 0.182 e. The van der Waals surface area contributed by atoms with E-state index >= 15 is 0 Å². The standard InChI is InChI=1S/C10H20BNO4/c1-3-4-6-7(5-13)16-10(15)8(9(6)14)12(2)11/h6-10,13-15H,3-5H2,1-2H3/t6-,7?,8?,9?,10+/m1/s1. The molecule has 3 N–H and O–H groups in total. The van der Waals surface area contributed by atoms with Gasteiger partial charge in [0.2, 0.25) is 0 Å². The third kappa shape index (κ3) is 2.75. The molecule has 1 aliphatic heterocycles. The van der Waals surface area contributed by atoms with Gasteiger partial charge in [0, 0.05) is 5.92 Å². The fourth-order valence-electron chi connectivity index (χ4n) is 2.31. The SMILES string of the molecule is [B]N(C)C1C(O)[C@H](CCC)C(CO)O[C@@H]1O. The van der Waals surface area contributed by atoms with Crippen LogP contribution < -0.4 is 0 Å². The molecule has 5 nitrogen and oxygen atoms in total. The summed E-state index contributed by atoms with van der Waals surface area (Å²) in [5.74, 6) is -0.200. The molecule has 0 aromatic carbocycles. The van der Waals surface area contributed by atoms with Crippen molar-refractivity contribution in [2.45, 2.75) is 44.3 Å². The first-order valence-corrected chi connectivity index (χ1v) is 5.62. The number of hydrogen-bond acceptors (Lipinski definition) is 5. The molecule has 1 rings (SSSR count). The van der Waals surface area contributed by atoms with Crippen LogP contribution in [0.5, 0.6) is 0 Å². The van der Waals surface area contributed by atoms with Crippen LogP contribution in [-0.4, -0.2) is 66.3 Å². The summed E-state index contributed by atoms with van der Waals surface area (Å²) < 4.78 is 5.27. The van der Waals surface area contributed by atoms with Gasteiger partial charge < -0.3 is 24.9 Å². The van der Waals surface area contributed by atoms with Crippen molar-refractivity contribution < 1.29 is 20.1 Å². The first kappa shape index (κ1) is 13.9. The zero-order valence-corrected chi connectivity index (χ0v) is 9.78. The number of likely N-dealkylation sites (N-methyl/N-ethyl adjacent to an activating group) is 1. The molecule has 0 aliphatic carbocycles. The van der Waals surface area contributed by atoms with Crippen molar-refractivity contribution in [1.29, 1.82) is 0 Å². The predicted molar refractivity (Wildman–Crippen MR) is 59.7 cm³/mol. The van der Waals surface area contributed by atoms with Crippen LogP contribution >= 0.6 is 0 Å². The maximum absolute atomic E-state index is 10.1. The minimum absolute atomic E-state index is 0.200. The van der Waals surface area contributed by atoms with Crippen molar-refractivity contribution in [2.75, 3.05) is 13.7 Å². The number of rotatable bonds is 4. The Bertz CT molecular complexity index is 217. The van der Waals surface area contributed by atoms with Gasteiger partial charge in [0.1, 0.15) is 0 Å². The molecule has 0 amide bonds. The zero-order valence-electron chi connectivity index (χ0n) is 9.78. The van der Waals surface area contributed by atoms with Crippen molar-refractivity contribution >= 4 is 7.98 Å². The Morgan fingerprint density at radius 1 is 1.38 bits per heavy atom. The van der Waals surface area contributed by atoms with E-state index in [0.717, 1.165) is 12.8 Å². The minimum atomic E-state index is -1.17. The topological polar surface area (TPSA) is 73.2 Å². The molecule has 92 valence electrons. The quantitative estimate of drug-likeness (QED) is 0.531. The van der Waals surface area contributed by atoms with Crippen molar-refractivity contribution in [3.63, 3.8) is 0 Å². The Hall–Kier alpha value is -0.135. The van der Waals surface area contributed by atoms with Crippen LogP contribution in [0.2, 0.25) is 0 Å². The summed E-state index contributed by atoms with van der Waals surface area (Å²) in [5.41, 5.74) is 0. The molecule has 1 aliphatic rings. The largest absolute Gasteiger partial charge is 0.394 e. The second-order valence-electron chi connectivity index (χ2n) is 4.35. The van der Waals surface area contributed by atoms with Crippen LogP contribution in [0.3, 0.4) is 0 Å². The highest BCUT2D eigenvalue weighted by Gasteiger charge is 2.44. The van der Waals surface area contributed by atoms with Gasteiger partial charge in [0.15, 0.2) is 14.3 Å². The van der Waals surface area contributed by atoms with Gasteiger partial charge in [0.05, 0.1) is 24.9 Å². The van der Waals surface area contributed by atoms with Crippen molar-refractivity contribution in [3.05, 3.63) is 0 Å². The highest BCUT2D eigenvalue weighted by Crippen LogP contribution is 2.30. The molecule has 0 saturated carbocycles. The summed E-state index contributed by atoms with van der Waals surface area (Å²) in [6.07, 6.45) is -0.894. The van der Waals surface area contributed by atoms with E-state index in [1.165, 1.54) is 4.81 Å². The molecule has 5 atom stereocenters. The Balaban J connectivity index is 2.79. The van der Waals surface area contributed by atoms with Gasteiger partial charge >= 0.3 is 0 Å². The van der Waals surface area contributed by atoms with Crippen LogP contribution in [0.25, 0.3) is 0 Å². The van der Waals surface area contributed by atoms with Crippen molar-refractivity contribution in [2.24, 2.45) is 5.92 Å². The number of ether oxygens (including phenoxy) is 1. The molecule has 1 heterocycles. The molecule has 0 aromatic heterocycles. The van der Waals surface area contributed by atoms with E-state index in [-0.39, 0.29) is 12.5 Å². The third-order valence-corrected chi connectivity index (χ3v) is 3.14. The lowest BCUT2D eigenvalue weighted by Gasteiger charge is -2.45. The van der Waals surface area contributed by atoms with Crippen molar-refractivity contribution in [1.82, 2.24) is 4.81 Å². The summed E-state index contributed by atoms with van der Waals surface area (Å²) in [6.45, 7) is 1.78. The summed E-state index contributed by atoms with van der Waals surface area (Å²) in [7, 11) is 7.14. The van der Waals surface area contributed by atoms with Gasteiger partial charge in [-0.25, -0.2) is 0 Å². The van der Waals surface area contributed by atoms with Crippen LogP contribution in [0.1, 0.15) is 19.8 Å². The number of nitrogens with zero attached hydrogens (tertiary/aromatic N) is 1. The highest BCUT2D eigenvalue weighted by molar-refractivity contribution is 6.04. The Kier molecular flexibility index (Phi) is 5.20. The van der Waals surface area contributed by atoms with Gasteiger partial charge in [-0.05, 0) is 13.5 Å². The molecule has 0 bridgehead atoms. The second kappa shape index (κ2) is 5.98. The van der Waals surface area contributed by atoms with Crippen LogP contribution in [-0.2, 0) is 4.74 Å². The summed E-state index contributed by atoms with van der Waals surface area (Å²) >= 11 is 0. The lowest BCUT2D eigenvalue weighted by atomic mass is 9.83. The van der Waals surface area contributed by atoms with E-state index in [1.54, 1.807) is 7.05 Å². The van der Waals surface area contributed by atoms with E-state index in [2.05, 4.69) is 0 Å². The monoisotopic (exact) mass is 229 g/mol. The lowest BCUT2D eigenvalue weighted by Crippen LogP contribution is -2.60. The van der Waals surface area contributed by atoms with E-state index in [0.29, 0.717) is 0 Å². The Morgan fingerprint density at radius 2 is 2.00 bits per heavy atom. The summed E-state index contributed by atoms with van der Waals surface area (Å²) in [6, 6.07) is -0.653. The molecule has 0 aromatic rings. The summed E-state index contributed by atoms with van der Waals surface area (Å²) in [5, 5.41) is 29.0. The first-order chi connectivity index (χ1) is 7.52. The average Bonchev–Trinajstić information content (AvgIpc) is 2.21. The lowest BCUT2D eigenvalue weighted by molar-refractivity contribution is -0.249. The average molecular weight is 229 g/mol. The van der Waals surface area contributed by atoms with E-state index in [1.807, 2.05) is 6.92 Å². The van der Waals surface area contributed by atoms with Crippen LogP contribution in [0.4, 0.5) is 0 Å². The van der Waals surface area contributed by atoms with Gasteiger partial charge in [-0.15, -0.1) is 0 Å². The fraction of sp³-hybridized carbons (Fsp3) is 1.00. The van der Waals surface area contributed by atoms with Crippen molar-refractivity contribution in [3.8, 4) is 0 Å². The minimum Gasteiger partial charge on any atom is -0.394 e. The van der Waals surface area contributed by atoms with Gasteiger partial charge in [-0.1, -0.05) is 13.3 Å². The predicted octanol–water partition coefficient (Wildman–Crippen LogP) is -1.14. The van der Waals surface area contributed by atoms with E-state index in [4.69, 9.17) is 17.8 Å². The molecule has 16 heavy (non-hydrogen) atoms. The fourth-order valence-corrected chi connectivity index (χ4v) is 2.31. The maximum Gasteiger partial charge on any atom is 0.182 e. The molecule has 1 fully saturated rings. The van der Waals surface area contributed by atoms with Gasteiger partial charge in [-0.2, -0.15) is 0 Å². The molecule has 3 unspecified atom stereocenters. The number of aliphatic hydroxyl groups excluding tert-OH is 3. The van der Waals surface area contributed by atoms with Crippen LogP contribution in [0.15, 0.2) is 0 Å². The molecule has 1 saturated heterocycles. The third-order valence-electron chi connectivity index (χ3n) is 3.14. The molecule has 0 spiro atoms. The number of hydrogen-bond donors (Lipinski definition) is 3. The van der Waals surface area contributed by atoms with Gasteiger partial charge in [0.25, 0.3) is 0 Å². The number of aliphatic hydroxyl groups is 3. The first-order valence-electron chi connectivity index (χ1n) is 5.62. The van der Waals surface area contributed by atoms with E-state index < -0.39 is 24.5 Å². The molecular formula is C10H20BNO4. The summed E-state index contributed by atoms with van der Waals surface area (Å²) in [4.78, 5) is 1.26. The zero-order chi connectivity index (χ0) is 12.3.